The van der Waals surface area contributed by atoms with Gasteiger partial charge in [-0.15, -0.1) is 0 Å². The van der Waals surface area contributed by atoms with Crippen LogP contribution in [0.3, 0.4) is 0 Å². The normalized spacial score (nSPS) is 14.0. The summed E-state index contributed by atoms with van der Waals surface area (Å²) in [6.45, 7) is 0. The SMILES string of the molecule is O=C(CS(=O)(=O)Nc1ccccc1Cc1ccc(N2C=C(O)NS2(=O)=O)c(OC(=O)c2ccccc2)c1)c1ccccc1. The van der Waals surface area contributed by atoms with Gasteiger partial charge in [0.25, 0.3) is 0 Å². The van der Waals surface area contributed by atoms with Crippen LogP contribution in [0.25, 0.3) is 0 Å². The van der Waals surface area contributed by atoms with E-state index in [0.29, 0.717) is 11.1 Å². The van der Waals surface area contributed by atoms with Gasteiger partial charge in [-0.05, 0) is 47.9 Å². The van der Waals surface area contributed by atoms with Crippen LogP contribution in [0.4, 0.5) is 11.4 Å². The summed E-state index contributed by atoms with van der Waals surface area (Å²) in [7, 11) is -8.26. The van der Waals surface area contributed by atoms with E-state index >= 15 is 0 Å². The first-order chi connectivity index (χ1) is 20.5. The number of hydrogen-bond donors (Lipinski definition) is 3. The van der Waals surface area contributed by atoms with Crippen LogP contribution in [-0.4, -0.2) is 39.4 Å². The number of esters is 1. The van der Waals surface area contributed by atoms with Crippen molar-refractivity contribution < 1.29 is 36.3 Å². The second-order valence-electron chi connectivity index (χ2n) is 9.46. The van der Waals surface area contributed by atoms with Crippen LogP contribution in [0.5, 0.6) is 5.75 Å². The Kier molecular flexibility index (Phi) is 8.19. The molecule has 0 saturated heterocycles. The highest BCUT2D eigenvalue weighted by atomic mass is 32.2. The molecule has 11 nitrogen and oxygen atoms in total. The lowest BCUT2D eigenvalue weighted by Gasteiger charge is -2.19. The number of ether oxygens (including phenoxy) is 1. The highest BCUT2D eigenvalue weighted by Crippen LogP contribution is 2.35. The topological polar surface area (TPSA) is 159 Å². The zero-order chi connectivity index (χ0) is 30.6. The maximum Gasteiger partial charge on any atom is 0.343 e. The van der Waals surface area contributed by atoms with Crippen molar-refractivity contribution in [2.75, 3.05) is 14.8 Å². The molecule has 43 heavy (non-hydrogen) atoms. The quantitative estimate of drug-likeness (QED) is 0.136. The Hall–Kier alpha value is -5.14. The first-order valence-corrected chi connectivity index (χ1v) is 15.9. The molecule has 0 spiro atoms. The van der Waals surface area contributed by atoms with Crippen molar-refractivity contribution in [1.82, 2.24) is 4.72 Å². The van der Waals surface area contributed by atoms with Gasteiger partial charge in [-0.2, -0.15) is 8.42 Å². The van der Waals surface area contributed by atoms with Crippen LogP contribution < -0.4 is 18.5 Å². The highest BCUT2D eigenvalue weighted by molar-refractivity contribution is 7.93. The van der Waals surface area contributed by atoms with Gasteiger partial charge in [0.05, 0.1) is 17.5 Å². The van der Waals surface area contributed by atoms with Gasteiger partial charge in [0.2, 0.25) is 15.9 Å². The molecule has 0 aliphatic carbocycles. The molecule has 3 N–H and O–H groups in total. The molecule has 0 radical (unpaired) electrons. The van der Waals surface area contributed by atoms with Gasteiger partial charge in [-0.1, -0.05) is 72.8 Å². The van der Waals surface area contributed by atoms with E-state index in [1.165, 1.54) is 36.4 Å². The number of aliphatic hydroxyl groups is 1. The molecular weight excluding hydrogens is 594 g/mol. The zero-order valence-electron chi connectivity index (χ0n) is 22.4. The van der Waals surface area contributed by atoms with Gasteiger partial charge < -0.3 is 9.84 Å². The Morgan fingerprint density at radius 2 is 1.49 bits per heavy atom. The molecular formula is C30H25N3O8S2. The average molecular weight is 620 g/mol. The number of rotatable bonds is 10. The predicted octanol–water partition coefficient (Wildman–Crippen LogP) is 4.13. The van der Waals surface area contributed by atoms with Gasteiger partial charge in [0.15, 0.2) is 11.5 Å². The van der Waals surface area contributed by atoms with Gasteiger partial charge in [-0.25, -0.2) is 22.2 Å². The van der Waals surface area contributed by atoms with Crippen molar-refractivity contribution in [2.24, 2.45) is 0 Å². The van der Waals surface area contributed by atoms with E-state index in [1.807, 2.05) is 4.72 Å². The van der Waals surface area contributed by atoms with Gasteiger partial charge in [-0.3, -0.25) is 9.52 Å². The van der Waals surface area contributed by atoms with E-state index in [0.717, 1.165) is 10.5 Å². The molecule has 13 heteroatoms. The molecule has 0 bridgehead atoms. The number of nitrogens with one attached hydrogen (secondary N) is 2. The second kappa shape index (κ2) is 12.0. The number of anilines is 2. The maximum absolute atomic E-state index is 12.9. The molecule has 0 unspecified atom stereocenters. The summed E-state index contributed by atoms with van der Waals surface area (Å²) in [5.41, 5.74) is 1.79. The van der Waals surface area contributed by atoms with Crippen molar-refractivity contribution in [3.8, 4) is 5.75 Å². The lowest BCUT2D eigenvalue weighted by molar-refractivity contribution is 0.0735. The molecule has 0 atom stereocenters. The molecule has 220 valence electrons. The number of benzene rings is 4. The molecule has 0 aromatic heterocycles. The Bertz CT molecular complexity index is 1930. The van der Waals surface area contributed by atoms with Crippen LogP contribution >= 0.6 is 0 Å². The molecule has 4 aromatic rings. The standard InChI is InChI=1S/C30H25N3O8S2/c34-27(22-9-3-1-4-10-22)20-42(37,38)31-25-14-8-7-13-24(25)17-21-15-16-26(33-19-29(35)32-43(33,39)40)28(18-21)41-30(36)23-11-5-2-6-12-23/h1-16,18-19,31-32,35H,17,20H2. The first kappa shape index (κ1) is 29.4. The molecule has 0 amide bonds. The smallest absolute Gasteiger partial charge is 0.343 e. The number of hydrogen-bond acceptors (Lipinski definition) is 8. The fourth-order valence-electron chi connectivity index (χ4n) is 4.33. The van der Waals surface area contributed by atoms with E-state index in [-0.39, 0.29) is 34.7 Å². The van der Waals surface area contributed by atoms with Crippen LogP contribution in [0.2, 0.25) is 0 Å². The monoisotopic (exact) mass is 619 g/mol. The Morgan fingerprint density at radius 3 is 2.14 bits per heavy atom. The van der Waals surface area contributed by atoms with Crippen molar-refractivity contribution >= 4 is 43.4 Å². The highest BCUT2D eigenvalue weighted by Gasteiger charge is 2.31. The minimum Gasteiger partial charge on any atom is -0.493 e. The van der Waals surface area contributed by atoms with Crippen LogP contribution in [0.1, 0.15) is 31.8 Å². The average Bonchev–Trinajstić information content (AvgIpc) is 3.26. The minimum atomic E-state index is -4.20. The summed E-state index contributed by atoms with van der Waals surface area (Å²) in [5, 5.41) is 9.78. The predicted molar refractivity (Wildman–Crippen MR) is 161 cm³/mol. The van der Waals surface area contributed by atoms with Gasteiger partial charge in [0, 0.05) is 5.56 Å². The summed E-state index contributed by atoms with van der Waals surface area (Å²) in [6.07, 6.45) is 1.08. The first-order valence-electron chi connectivity index (χ1n) is 12.8. The zero-order valence-corrected chi connectivity index (χ0v) is 24.0. The number of para-hydroxylation sites is 1. The number of carbonyl (C=O) groups excluding carboxylic acids is 2. The van der Waals surface area contributed by atoms with Gasteiger partial charge in [0.1, 0.15) is 11.4 Å². The van der Waals surface area contributed by atoms with Crippen molar-refractivity contribution in [2.45, 2.75) is 6.42 Å². The fourth-order valence-corrected chi connectivity index (χ4v) is 6.51. The molecule has 0 fully saturated rings. The maximum atomic E-state index is 12.9. The van der Waals surface area contributed by atoms with E-state index in [2.05, 4.69) is 4.72 Å². The van der Waals surface area contributed by atoms with Crippen LogP contribution in [0.15, 0.2) is 115 Å². The number of ketones is 1. The Morgan fingerprint density at radius 1 is 0.860 bits per heavy atom. The van der Waals surface area contributed by atoms with E-state index in [9.17, 15) is 31.5 Å². The number of aliphatic hydroxyl groups excluding tert-OH is 1. The van der Waals surface area contributed by atoms with E-state index in [1.54, 1.807) is 66.7 Å². The third-order valence-electron chi connectivity index (χ3n) is 6.30. The molecule has 0 saturated carbocycles. The largest absolute Gasteiger partial charge is 0.493 e. The number of sulfonamides is 1. The Labute approximate surface area is 248 Å². The second-order valence-corrected chi connectivity index (χ2v) is 12.7. The van der Waals surface area contributed by atoms with Crippen molar-refractivity contribution in [1.29, 1.82) is 0 Å². The lowest BCUT2D eigenvalue weighted by atomic mass is 10.0. The molecule has 5 rings (SSSR count). The summed E-state index contributed by atoms with van der Waals surface area (Å²) in [5.74, 6) is -2.78. The summed E-state index contributed by atoms with van der Waals surface area (Å²) >= 11 is 0. The third-order valence-corrected chi connectivity index (χ3v) is 8.76. The van der Waals surface area contributed by atoms with E-state index < -0.39 is 43.6 Å². The number of carbonyl (C=O) groups is 2. The fraction of sp³-hybridized carbons (Fsp3) is 0.0667. The minimum absolute atomic E-state index is 0.0435. The van der Waals surface area contributed by atoms with Crippen LogP contribution in [0, 0.1) is 0 Å². The van der Waals surface area contributed by atoms with Crippen molar-refractivity contribution in [3.05, 3.63) is 137 Å². The summed E-state index contributed by atoms with van der Waals surface area (Å²) in [6, 6.07) is 27.2. The summed E-state index contributed by atoms with van der Waals surface area (Å²) in [4.78, 5) is 25.4. The molecule has 4 aromatic carbocycles. The molecule has 1 aliphatic heterocycles. The molecule has 1 aliphatic rings. The van der Waals surface area contributed by atoms with E-state index in [4.69, 9.17) is 4.74 Å². The summed E-state index contributed by atoms with van der Waals surface area (Å²) < 4.78 is 61.7. The van der Waals surface area contributed by atoms with Crippen molar-refractivity contribution in [3.63, 3.8) is 0 Å². The molecule has 1 heterocycles. The number of Topliss-reactive ketones (excluding diaryl/α,β-unsaturated/α-hetero) is 1. The Balaban J connectivity index is 1.43. The third kappa shape index (κ3) is 7.02. The van der Waals surface area contributed by atoms with Gasteiger partial charge >= 0.3 is 16.2 Å². The number of nitrogens with zero attached hydrogens (tertiary/aromatic N) is 1. The van der Waals surface area contributed by atoms with Crippen LogP contribution in [-0.2, 0) is 26.7 Å². The lowest BCUT2D eigenvalue weighted by Crippen LogP contribution is -2.30.